The molecule has 2 aliphatic rings. The molecule has 0 aliphatic carbocycles. The molecule has 0 saturated heterocycles. The van der Waals surface area contributed by atoms with Crippen LogP contribution >= 0.6 is 7.60 Å². The van der Waals surface area contributed by atoms with Gasteiger partial charge in [0.2, 0.25) is 0 Å². The van der Waals surface area contributed by atoms with E-state index in [1.54, 1.807) is 0 Å². The number of H-pyrrole nitrogens is 2. The van der Waals surface area contributed by atoms with Crippen molar-refractivity contribution < 1.29 is 13.6 Å². The predicted molar refractivity (Wildman–Crippen MR) is 281 cm³/mol. The van der Waals surface area contributed by atoms with Gasteiger partial charge in [-0.2, -0.15) is 0 Å². The van der Waals surface area contributed by atoms with E-state index in [0.29, 0.717) is 5.30 Å². The smallest absolute Gasteiger partial charge is 0.354 e. The molecular formula is C59H57N4O3P. The van der Waals surface area contributed by atoms with Gasteiger partial charge in [0.15, 0.2) is 0 Å². The summed E-state index contributed by atoms with van der Waals surface area (Å²) in [6.45, 7) is 22.1. The molecule has 3 aromatic heterocycles. The second-order valence-electron chi connectivity index (χ2n) is 19.8. The topological polar surface area (TPSA) is 92.9 Å². The Morgan fingerprint density at radius 2 is 0.910 bits per heavy atom. The molecule has 2 N–H and O–H groups in total. The molecule has 8 heteroatoms. The standard InChI is InChI=1S/C59H57N4O3P/c1-13-40-15-17-41(18-16-40)54-45-24-28-49(60-45)56(44-23-14-35(2)32-37(44)4)50-29-25-46(61-50)55(42-19-21-43(22-20-42)67(64,65-58(7,8)9)66-59(10,11)12)48-27-31-52(63-48)57(51-30-26-47(54)62-51)53-38(5)33-36(3)34-39(53)6/h1,14-34,60,63H,2-12H3. The molecular weight excluding hydrogens is 844 g/mol. The molecule has 0 amide bonds. The Kier molecular flexibility index (Phi) is 11.6. The first-order chi connectivity index (χ1) is 31.8. The molecule has 0 unspecified atom stereocenters. The summed E-state index contributed by atoms with van der Waals surface area (Å²) in [7, 11) is -3.76. The largest absolute Gasteiger partial charge is 0.362 e. The highest BCUT2D eigenvalue weighted by Crippen LogP contribution is 2.53. The first kappa shape index (κ1) is 45.4. The summed E-state index contributed by atoms with van der Waals surface area (Å²) in [6, 6.07) is 35.4. The molecule has 0 saturated carbocycles. The highest BCUT2D eigenvalue weighted by Gasteiger charge is 2.37. The zero-order valence-electron chi connectivity index (χ0n) is 40.3. The maximum absolute atomic E-state index is 14.7. The van der Waals surface area contributed by atoms with Gasteiger partial charge < -0.3 is 9.97 Å². The van der Waals surface area contributed by atoms with Gasteiger partial charge in [-0.05, 0) is 188 Å². The van der Waals surface area contributed by atoms with E-state index in [2.05, 4.69) is 142 Å². The van der Waals surface area contributed by atoms with Crippen molar-refractivity contribution >= 4 is 59.3 Å². The van der Waals surface area contributed by atoms with Crippen LogP contribution in [0.25, 0.3) is 90.9 Å². The molecule has 336 valence electrons. The number of rotatable bonds is 7. The van der Waals surface area contributed by atoms with Gasteiger partial charge in [-0.15, -0.1) is 6.42 Å². The molecule has 0 spiro atoms. The number of benzene rings is 4. The van der Waals surface area contributed by atoms with Crippen LogP contribution < -0.4 is 5.30 Å². The van der Waals surface area contributed by atoms with Gasteiger partial charge in [0.25, 0.3) is 0 Å². The van der Waals surface area contributed by atoms with E-state index >= 15 is 0 Å². The lowest BCUT2D eigenvalue weighted by molar-refractivity contribution is 0.0548. The Morgan fingerprint density at radius 3 is 1.37 bits per heavy atom. The monoisotopic (exact) mass is 900 g/mol. The van der Waals surface area contributed by atoms with Crippen LogP contribution in [0.5, 0.6) is 0 Å². The molecule has 0 radical (unpaired) electrons. The van der Waals surface area contributed by atoms with Crippen molar-refractivity contribution in [3.8, 4) is 56.9 Å². The lowest BCUT2D eigenvalue weighted by Crippen LogP contribution is -2.28. The van der Waals surface area contributed by atoms with Crippen molar-refractivity contribution in [3.05, 3.63) is 159 Å². The van der Waals surface area contributed by atoms with Crippen molar-refractivity contribution in [2.75, 3.05) is 0 Å². The maximum Gasteiger partial charge on any atom is 0.362 e. The Bertz CT molecular complexity index is 3410. The second-order valence-corrected chi connectivity index (χ2v) is 21.6. The summed E-state index contributed by atoms with van der Waals surface area (Å²) in [6.07, 6.45) is 14.3. The lowest BCUT2D eigenvalue weighted by Gasteiger charge is -2.32. The highest BCUT2D eigenvalue weighted by atomic mass is 31.2. The summed E-state index contributed by atoms with van der Waals surface area (Å²) in [5.74, 6) is 2.77. The molecule has 7 aromatic rings. The lowest BCUT2D eigenvalue weighted by atomic mass is 9.92. The van der Waals surface area contributed by atoms with Crippen LogP contribution in [-0.2, 0) is 13.6 Å². The number of hydrogen-bond donors (Lipinski definition) is 2. The number of nitrogens with one attached hydrogen (secondary N) is 2. The van der Waals surface area contributed by atoms with E-state index in [1.165, 1.54) is 11.1 Å². The van der Waals surface area contributed by atoms with Crippen molar-refractivity contribution in [1.29, 1.82) is 0 Å². The highest BCUT2D eigenvalue weighted by molar-refractivity contribution is 7.62. The molecule has 7 nitrogen and oxygen atoms in total. The van der Waals surface area contributed by atoms with Crippen LogP contribution in [0.3, 0.4) is 0 Å². The zero-order chi connectivity index (χ0) is 47.6. The molecule has 2 aliphatic heterocycles. The minimum atomic E-state index is -3.76. The summed E-state index contributed by atoms with van der Waals surface area (Å²) in [5.41, 5.74) is 19.9. The maximum atomic E-state index is 14.7. The first-order valence-electron chi connectivity index (χ1n) is 22.8. The third kappa shape index (κ3) is 9.06. The fourth-order valence-electron chi connectivity index (χ4n) is 9.42. The fraction of sp³-hybridized carbons (Fsp3) is 0.220. The van der Waals surface area contributed by atoms with E-state index in [1.807, 2.05) is 77.9 Å². The quantitative estimate of drug-likeness (QED) is 0.123. The molecule has 0 fully saturated rings. The van der Waals surface area contributed by atoms with Gasteiger partial charge in [-0.1, -0.05) is 71.6 Å². The average Bonchev–Trinajstić information content (AvgIpc) is 4.09. The zero-order valence-corrected chi connectivity index (χ0v) is 41.2. The van der Waals surface area contributed by atoms with Gasteiger partial charge in [0.05, 0.1) is 39.3 Å². The normalized spacial score (nSPS) is 12.7. The van der Waals surface area contributed by atoms with E-state index < -0.39 is 18.8 Å². The van der Waals surface area contributed by atoms with Crippen molar-refractivity contribution in [3.63, 3.8) is 0 Å². The van der Waals surface area contributed by atoms with Crippen LogP contribution in [0.1, 0.15) is 97.7 Å². The minimum absolute atomic E-state index is 0.480. The Labute approximate surface area is 394 Å². The van der Waals surface area contributed by atoms with Gasteiger partial charge in [-0.25, -0.2) is 9.97 Å². The van der Waals surface area contributed by atoms with Crippen LogP contribution in [0.2, 0.25) is 0 Å². The Balaban J connectivity index is 1.42. The fourth-order valence-corrected chi connectivity index (χ4v) is 11.6. The van der Waals surface area contributed by atoms with Crippen LogP contribution in [-0.4, -0.2) is 31.1 Å². The number of aryl methyl sites for hydroxylation is 5. The van der Waals surface area contributed by atoms with Crippen LogP contribution in [0.4, 0.5) is 0 Å². The van der Waals surface area contributed by atoms with Crippen molar-refractivity contribution in [2.45, 2.75) is 87.4 Å². The van der Waals surface area contributed by atoms with E-state index in [-0.39, 0.29) is 0 Å². The third-order valence-corrected chi connectivity index (χ3v) is 14.4. The van der Waals surface area contributed by atoms with Gasteiger partial charge in [0.1, 0.15) is 0 Å². The van der Waals surface area contributed by atoms with Gasteiger partial charge in [0, 0.05) is 49.9 Å². The van der Waals surface area contributed by atoms with Crippen molar-refractivity contribution in [1.82, 2.24) is 19.9 Å². The third-order valence-electron chi connectivity index (χ3n) is 11.9. The average molecular weight is 901 g/mol. The number of terminal acetylenes is 1. The van der Waals surface area contributed by atoms with E-state index in [9.17, 15) is 4.57 Å². The summed E-state index contributed by atoms with van der Waals surface area (Å²) in [5, 5.41) is 0.480. The Hall–Kier alpha value is -6.81. The van der Waals surface area contributed by atoms with E-state index in [4.69, 9.17) is 25.4 Å². The van der Waals surface area contributed by atoms with Crippen LogP contribution in [0, 0.1) is 47.0 Å². The SMILES string of the molecule is C#Cc1ccc(-c2c3nc(c(-c4c(C)cc(C)cc4C)c4ccc([nH]4)c(-c4ccc(P(=O)(OC(C)(C)C)OC(C)(C)C)cc4)c4nc(c(-c5ccc(C)cc5C)c5ccc2[nH]5)C=C4)C=C3)cc1. The number of nitrogens with zero attached hydrogens (tertiary/aromatic N) is 2. The summed E-state index contributed by atoms with van der Waals surface area (Å²) in [4.78, 5) is 18.8. The number of hydrogen-bond acceptors (Lipinski definition) is 5. The second kappa shape index (κ2) is 17.1. The molecule has 0 atom stereocenters. The molecule has 67 heavy (non-hydrogen) atoms. The number of fused-ring (bicyclic) bond motifs is 8. The first-order valence-corrected chi connectivity index (χ1v) is 24.3. The van der Waals surface area contributed by atoms with Gasteiger partial charge >= 0.3 is 7.60 Å². The number of aromatic amines is 2. The van der Waals surface area contributed by atoms with Gasteiger partial charge in [-0.3, -0.25) is 13.6 Å². The predicted octanol–water partition coefficient (Wildman–Crippen LogP) is 15.3. The van der Waals surface area contributed by atoms with Crippen molar-refractivity contribution in [2.24, 2.45) is 0 Å². The number of aromatic nitrogens is 4. The molecule has 4 aromatic carbocycles. The van der Waals surface area contributed by atoms with E-state index in [0.717, 1.165) is 112 Å². The molecule has 9 rings (SSSR count). The minimum Gasteiger partial charge on any atom is -0.354 e. The summed E-state index contributed by atoms with van der Waals surface area (Å²) < 4.78 is 27.2. The molecule has 5 heterocycles. The van der Waals surface area contributed by atoms with Crippen LogP contribution in [0.15, 0.2) is 103 Å². The Morgan fingerprint density at radius 1 is 0.493 bits per heavy atom. The summed E-state index contributed by atoms with van der Waals surface area (Å²) >= 11 is 0. The molecule has 8 bridgehead atoms.